The molecule has 0 spiro atoms. The molecule has 184 valence electrons. The highest BCUT2D eigenvalue weighted by molar-refractivity contribution is 8.18. The molecule has 1 heterocycles. The fourth-order valence-electron chi connectivity index (χ4n) is 3.92. The van der Waals surface area contributed by atoms with Gasteiger partial charge in [-0.1, -0.05) is 109 Å². The Morgan fingerprint density at radius 2 is 1.46 bits per heavy atom. The van der Waals surface area contributed by atoms with E-state index in [1.807, 2.05) is 115 Å². The van der Waals surface area contributed by atoms with Crippen molar-refractivity contribution in [1.82, 2.24) is 4.90 Å². The van der Waals surface area contributed by atoms with Crippen molar-refractivity contribution in [3.8, 4) is 5.75 Å². The first-order chi connectivity index (χ1) is 18.2. The van der Waals surface area contributed by atoms with Crippen LogP contribution in [-0.4, -0.2) is 16.0 Å². The van der Waals surface area contributed by atoms with Crippen LogP contribution >= 0.6 is 23.4 Å². The number of benzene rings is 4. The highest BCUT2D eigenvalue weighted by atomic mass is 35.5. The third-order valence-corrected chi connectivity index (χ3v) is 7.27. The number of hydrogen-bond donors (Lipinski definition) is 0. The van der Waals surface area contributed by atoms with Crippen LogP contribution in [0.1, 0.15) is 22.3 Å². The van der Waals surface area contributed by atoms with E-state index in [4.69, 9.17) is 21.3 Å². The van der Waals surface area contributed by atoms with Crippen molar-refractivity contribution in [2.75, 3.05) is 0 Å². The van der Waals surface area contributed by atoms with Gasteiger partial charge in [-0.05, 0) is 41.1 Å². The minimum Gasteiger partial charge on any atom is -0.488 e. The number of para-hydroxylation sites is 1. The van der Waals surface area contributed by atoms with E-state index in [9.17, 15) is 4.79 Å². The molecule has 0 radical (unpaired) electrons. The molecule has 1 aliphatic heterocycles. The number of aliphatic imine (C=N–C) groups is 1. The fourth-order valence-corrected chi connectivity index (χ4v) is 5.07. The first-order valence-electron chi connectivity index (χ1n) is 12.0. The number of nitrogens with zero attached hydrogens (tertiary/aromatic N) is 2. The third kappa shape index (κ3) is 6.31. The maximum Gasteiger partial charge on any atom is 0.267 e. The summed E-state index contributed by atoms with van der Waals surface area (Å²) >= 11 is 7.70. The summed E-state index contributed by atoms with van der Waals surface area (Å²) < 4.78 is 6.11. The molecule has 0 bridgehead atoms. The van der Waals surface area contributed by atoms with Gasteiger partial charge in [0.2, 0.25) is 0 Å². The van der Waals surface area contributed by atoms with Crippen LogP contribution in [0.5, 0.6) is 5.75 Å². The molecule has 0 N–H and O–H groups in total. The Hall–Kier alpha value is -3.80. The van der Waals surface area contributed by atoms with Crippen LogP contribution in [0.3, 0.4) is 0 Å². The second-order valence-corrected chi connectivity index (χ2v) is 9.91. The van der Waals surface area contributed by atoms with Crippen molar-refractivity contribution in [2.24, 2.45) is 4.99 Å². The van der Waals surface area contributed by atoms with Crippen LogP contribution in [0.2, 0.25) is 5.02 Å². The molecule has 1 saturated heterocycles. The number of rotatable bonds is 8. The molecule has 1 fully saturated rings. The normalized spacial score (nSPS) is 15.5. The molecule has 4 aromatic rings. The van der Waals surface area contributed by atoms with Gasteiger partial charge in [-0.2, -0.15) is 0 Å². The van der Waals surface area contributed by atoms with E-state index >= 15 is 0 Å². The zero-order valence-electron chi connectivity index (χ0n) is 20.1. The molecule has 0 aromatic heterocycles. The molecule has 0 atom stereocenters. The Kier molecular flexibility index (Phi) is 8.04. The molecule has 4 aromatic carbocycles. The van der Waals surface area contributed by atoms with Gasteiger partial charge in [0.25, 0.3) is 5.91 Å². The van der Waals surface area contributed by atoms with Gasteiger partial charge in [0.05, 0.1) is 18.0 Å². The van der Waals surface area contributed by atoms with Crippen LogP contribution < -0.4 is 4.74 Å². The highest BCUT2D eigenvalue weighted by Gasteiger charge is 2.33. The van der Waals surface area contributed by atoms with Crippen molar-refractivity contribution in [3.05, 3.63) is 141 Å². The van der Waals surface area contributed by atoms with E-state index in [-0.39, 0.29) is 5.91 Å². The summed E-state index contributed by atoms with van der Waals surface area (Å²) in [5.41, 5.74) is 3.88. The number of amidine groups is 1. The molecular formula is C31H25ClN2O2S. The Morgan fingerprint density at radius 1 is 0.811 bits per heavy atom. The van der Waals surface area contributed by atoms with Crippen LogP contribution in [0.4, 0.5) is 0 Å². The van der Waals surface area contributed by atoms with Crippen LogP contribution in [0.15, 0.2) is 119 Å². The number of amides is 1. The lowest BCUT2D eigenvalue weighted by atomic mass is 10.1. The van der Waals surface area contributed by atoms with E-state index in [1.54, 1.807) is 4.90 Å². The summed E-state index contributed by atoms with van der Waals surface area (Å²) in [7, 11) is 0. The zero-order chi connectivity index (χ0) is 25.5. The molecule has 0 saturated carbocycles. The molecule has 4 nitrogen and oxygen atoms in total. The largest absolute Gasteiger partial charge is 0.488 e. The fraction of sp³-hybridized carbons (Fsp3) is 0.0968. The lowest BCUT2D eigenvalue weighted by Crippen LogP contribution is -2.28. The minimum absolute atomic E-state index is 0.0680. The number of halogens is 1. The number of ether oxygens (including phenoxy) is 1. The standard InChI is InChI=1S/C31H25ClN2O2S/c32-27-17-9-7-16-26(27)22-36-28-18-10-8-15-25(28)19-29-30(35)34(21-24-13-5-2-6-14-24)31(37-29)33-20-23-11-3-1-4-12-23/h1-19H,20-22H2/b29-19-,33-31?. The molecule has 37 heavy (non-hydrogen) atoms. The predicted octanol–water partition coefficient (Wildman–Crippen LogP) is 7.59. The molecule has 1 aliphatic rings. The average molecular weight is 525 g/mol. The Balaban J connectivity index is 1.41. The van der Waals surface area contributed by atoms with E-state index in [0.29, 0.717) is 40.5 Å². The molecule has 6 heteroatoms. The van der Waals surface area contributed by atoms with E-state index in [2.05, 4.69) is 0 Å². The Morgan fingerprint density at radius 3 is 2.22 bits per heavy atom. The lowest BCUT2D eigenvalue weighted by Gasteiger charge is -2.15. The maximum atomic E-state index is 13.6. The van der Waals surface area contributed by atoms with Crippen molar-refractivity contribution in [1.29, 1.82) is 0 Å². The second kappa shape index (κ2) is 12.0. The number of carbonyl (C=O) groups is 1. The van der Waals surface area contributed by atoms with Crippen LogP contribution in [0, 0.1) is 0 Å². The van der Waals surface area contributed by atoms with Gasteiger partial charge in [-0.15, -0.1) is 0 Å². The molecule has 0 unspecified atom stereocenters. The number of hydrogen-bond acceptors (Lipinski definition) is 4. The molecular weight excluding hydrogens is 500 g/mol. The van der Waals surface area contributed by atoms with Gasteiger partial charge in [-0.25, -0.2) is 0 Å². The third-order valence-electron chi connectivity index (χ3n) is 5.86. The van der Waals surface area contributed by atoms with Gasteiger partial charge >= 0.3 is 0 Å². The SMILES string of the molecule is O=C1/C(=C/c2ccccc2OCc2ccccc2Cl)SC(=NCc2ccccc2)N1Cc1ccccc1. The predicted molar refractivity (Wildman–Crippen MR) is 152 cm³/mol. The minimum atomic E-state index is -0.0680. The monoisotopic (exact) mass is 524 g/mol. The topological polar surface area (TPSA) is 41.9 Å². The molecule has 5 rings (SSSR count). The first-order valence-corrected chi connectivity index (χ1v) is 13.2. The maximum absolute atomic E-state index is 13.6. The summed E-state index contributed by atoms with van der Waals surface area (Å²) in [6, 6.07) is 35.3. The van der Waals surface area contributed by atoms with E-state index in [0.717, 1.165) is 22.3 Å². The van der Waals surface area contributed by atoms with Gasteiger partial charge in [-0.3, -0.25) is 14.7 Å². The van der Waals surface area contributed by atoms with Crippen molar-refractivity contribution in [2.45, 2.75) is 19.7 Å². The smallest absolute Gasteiger partial charge is 0.267 e. The Bertz CT molecular complexity index is 1440. The summed E-state index contributed by atoms with van der Waals surface area (Å²) in [6.45, 7) is 1.31. The van der Waals surface area contributed by atoms with E-state index < -0.39 is 0 Å². The summed E-state index contributed by atoms with van der Waals surface area (Å²) in [5.74, 6) is 0.620. The lowest BCUT2D eigenvalue weighted by molar-refractivity contribution is -0.122. The van der Waals surface area contributed by atoms with Gasteiger partial charge < -0.3 is 4.74 Å². The van der Waals surface area contributed by atoms with Crippen molar-refractivity contribution in [3.63, 3.8) is 0 Å². The van der Waals surface area contributed by atoms with Gasteiger partial charge in [0, 0.05) is 16.1 Å². The highest BCUT2D eigenvalue weighted by Crippen LogP contribution is 2.35. The van der Waals surface area contributed by atoms with E-state index in [1.165, 1.54) is 11.8 Å². The van der Waals surface area contributed by atoms with Crippen LogP contribution in [-0.2, 0) is 24.5 Å². The summed E-state index contributed by atoms with van der Waals surface area (Å²) in [4.78, 5) is 20.7. The summed E-state index contributed by atoms with van der Waals surface area (Å²) in [5, 5.41) is 1.36. The van der Waals surface area contributed by atoms with Crippen molar-refractivity contribution >= 4 is 40.5 Å². The van der Waals surface area contributed by atoms with Crippen molar-refractivity contribution < 1.29 is 9.53 Å². The quantitative estimate of drug-likeness (QED) is 0.223. The van der Waals surface area contributed by atoms with Crippen LogP contribution in [0.25, 0.3) is 6.08 Å². The molecule has 1 amide bonds. The average Bonchev–Trinajstić information content (AvgIpc) is 3.22. The Labute approximate surface area is 226 Å². The van der Waals surface area contributed by atoms with Gasteiger partial charge in [0.15, 0.2) is 5.17 Å². The molecule has 0 aliphatic carbocycles. The van der Waals surface area contributed by atoms with Gasteiger partial charge in [0.1, 0.15) is 12.4 Å². The first kappa shape index (κ1) is 24.9. The zero-order valence-corrected chi connectivity index (χ0v) is 21.7. The summed E-state index contributed by atoms with van der Waals surface area (Å²) in [6.07, 6.45) is 1.89. The number of thioether (sulfide) groups is 1. The number of carbonyl (C=O) groups excluding carboxylic acids is 1. The second-order valence-electron chi connectivity index (χ2n) is 8.49.